The first-order chi connectivity index (χ1) is 14.5. The highest BCUT2D eigenvalue weighted by atomic mass is 16.5. The Morgan fingerprint density at radius 2 is 1.63 bits per heavy atom. The van der Waals surface area contributed by atoms with E-state index in [-0.39, 0.29) is 5.91 Å². The molecule has 0 aromatic heterocycles. The number of nitrogens with zero attached hydrogens (tertiary/aromatic N) is 2. The van der Waals surface area contributed by atoms with Gasteiger partial charge in [0.1, 0.15) is 5.75 Å². The largest absolute Gasteiger partial charge is 0.497 e. The number of ether oxygens (including phenoxy) is 2. The van der Waals surface area contributed by atoms with Crippen LogP contribution >= 0.6 is 0 Å². The van der Waals surface area contributed by atoms with E-state index in [9.17, 15) is 4.79 Å². The number of hydrogen-bond acceptors (Lipinski definition) is 4. The van der Waals surface area contributed by atoms with E-state index in [1.54, 1.807) is 7.11 Å². The lowest BCUT2D eigenvalue weighted by molar-refractivity contribution is -0.140. The molecule has 0 aliphatic carbocycles. The van der Waals surface area contributed by atoms with Gasteiger partial charge in [-0.1, -0.05) is 26.0 Å². The standard InChI is InChI=1S/C25H38N2O3/c1-18(2)17-26-12-10-23(11-13-26)30-24-15-20-6-7-21(16-24)27(20)25(28)14-19-4-8-22(29-3)9-5-19/h4-5,8-9,18,20-21,23-24H,6-7,10-17H2,1-3H3/t20-,21+,24?. The number of fused-ring (bicyclic) bond motifs is 2. The van der Waals surface area contributed by atoms with Crippen molar-refractivity contribution in [3.63, 3.8) is 0 Å². The number of carbonyl (C=O) groups is 1. The summed E-state index contributed by atoms with van der Waals surface area (Å²) in [7, 11) is 1.67. The zero-order chi connectivity index (χ0) is 21.1. The molecule has 4 rings (SSSR count). The minimum atomic E-state index is 0.271. The summed E-state index contributed by atoms with van der Waals surface area (Å²) in [6.45, 7) is 8.11. The van der Waals surface area contributed by atoms with Crippen LogP contribution in [0, 0.1) is 5.92 Å². The third kappa shape index (κ3) is 5.17. The zero-order valence-electron chi connectivity index (χ0n) is 18.9. The van der Waals surface area contributed by atoms with E-state index in [2.05, 4.69) is 23.6 Å². The van der Waals surface area contributed by atoms with Gasteiger partial charge in [0, 0.05) is 31.7 Å². The van der Waals surface area contributed by atoms with Gasteiger partial charge in [-0.05, 0) is 62.1 Å². The van der Waals surface area contributed by atoms with Crippen molar-refractivity contribution >= 4 is 5.91 Å². The highest BCUT2D eigenvalue weighted by molar-refractivity contribution is 5.80. The Bertz CT molecular complexity index is 683. The average Bonchev–Trinajstić information content (AvgIpc) is 3.00. The molecule has 1 aromatic rings. The molecule has 3 atom stereocenters. The minimum Gasteiger partial charge on any atom is -0.497 e. The van der Waals surface area contributed by atoms with Gasteiger partial charge in [-0.3, -0.25) is 4.79 Å². The number of rotatable bonds is 7. The van der Waals surface area contributed by atoms with Gasteiger partial charge >= 0.3 is 0 Å². The molecule has 30 heavy (non-hydrogen) atoms. The maximum Gasteiger partial charge on any atom is 0.227 e. The predicted molar refractivity (Wildman–Crippen MR) is 119 cm³/mol. The van der Waals surface area contributed by atoms with Crippen LogP contribution in [0.3, 0.4) is 0 Å². The van der Waals surface area contributed by atoms with Crippen LogP contribution in [0.4, 0.5) is 0 Å². The summed E-state index contributed by atoms with van der Waals surface area (Å²) >= 11 is 0. The second-order valence-corrected chi connectivity index (χ2v) is 9.83. The normalized spacial score (nSPS) is 27.6. The van der Waals surface area contributed by atoms with Crippen LogP contribution in [0.25, 0.3) is 0 Å². The summed E-state index contributed by atoms with van der Waals surface area (Å²) in [6.07, 6.45) is 7.80. The van der Waals surface area contributed by atoms with Gasteiger partial charge in [-0.15, -0.1) is 0 Å². The Kier molecular flexibility index (Phi) is 6.99. The molecule has 0 saturated carbocycles. The number of methoxy groups -OCH3 is 1. The Morgan fingerprint density at radius 3 is 2.20 bits per heavy atom. The van der Waals surface area contributed by atoms with Crippen LogP contribution in [-0.2, 0) is 16.0 Å². The van der Waals surface area contributed by atoms with Gasteiger partial charge in [-0.25, -0.2) is 0 Å². The first kappa shape index (κ1) is 21.6. The SMILES string of the molecule is COc1ccc(CC(=O)N2[C@@H]3CC[C@H]2CC(OC2CCN(CC(C)C)CC2)C3)cc1. The number of amides is 1. The Morgan fingerprint density at radius 1 is 1.00 bits per heavy atom. The van der Waals surface area contributed by atoms with Crippen molar-refractivity contribution in [3.05, 3.63) is 29.8 Å². The third-order valence-electron chi connectivity index (χ3n) is 7.04. The molecule has 1 amide bonds. The van der Waals surface area contributed by atoms with E-state index in [1.165, 1.54) is 6.54 Å². The van der Waals surface area contributed by atoms with Crippen LogP contribution in [0.2, 0.25) is 0 Å². The van der Waals surface area contributed by atoms with E-state index in [0.29, 0.717) is 30.7 Å². The number of hydrogen-bond donors (Lipinski definition) is 0. The molecule has 0 spiro atoms. The Hall–Kier alpha value is -1.59. The highest BCUT2D eigenvalue weighted by Gasteiger charge is 2.44. The summed E-state index contributed by atoms with van der Waals surface area (Å²) in [6, 6.07) is 8.59. The number of carbonyl (C=O) groups excluding carboxylic acids is 1. The van der Waals surface area contributed by atoms with E-state index in [1.807, 2.05) is 24.3 Å². The molecule has 3 aliphatic heterocycles. The van der Waals surface area contributed by atoms with Crippen LogP contribution in [0.1, 0.15) is 57.9 Å². The maximum atomic E-state index is 13.1. The third-order valence-corrected chi connectivity index (χ3v) is 7.04. The second-order valence-electron chi connectivity index (χ2n) is 9.83. The summed E-state index contributed by atoms with van der Waals surface area (Å²) < 4.78 is 11.8. The van der Waals surface area contributed by atoms with Gasteiger partial charge in [0.05, 0.1) is 25.7 Å². The topological polar surface area (TPSA) is 42.0 Å². The van der Waals surface area contributed by atoms with Crippen molar-refractivity contribution in [2.24, 2.45) is 5.92 Å². The molecule has 3 heterocycles. The second kappa shape index (κ2) is 9.69. The molecule has 5 heteroatoms. The fraction of sp³-hybridized carbons (Fsp3) is 0.720. The van der Waals surface area contributed by atoms with E-state index < -0.39 is 0 Å². The van der Waals surface area contributed by atoms with Crippen molar-refractivity contribution in [3.8, 4) is 5.75 Å². The van der Waals surface area contributed by atoms with Gasteiger partial charge in [-0.2, -0.15) is 0 Å². The van der Waals surface area contributed by atoms with E-state index in [4.69, 9.17) is 9.47 Å². The van der Waals surface area contributed by atoms with Gasteiger partial charge < -0.3 is 19.3 Å². The lowest BCUT2D eigenvalue weighted by Crippen LogP contribution is -2.50. The van der Waals surface area contributed by atoms with Crippen molar-refractivity contribution in [2.75, 3.05) is 26.7 Å². The molecule has 3 fully saturated rings. The van der Waals surface area contributed by atoms with Crippen molar-refractivity contribution in [1.82, 2.24) is 9.80 Å². The van der Waals surface area contributed by atoms with Gasteiger partial charge in [0.25, 0.3) is 0 Å². The molecule has 3 saturated heterocycles. The average molecular weight is 415 g/mol. The summed E-state index contributed by atoms with van der Waals surface area (Å²) in [5.74, 6) is 1.84. The molecule has 5 nitrogen and oxygen atoms in total. The monoisotopic (exact) mass is 414 g/mol. The highest BCUT2D eigenvalue weighted by Crippen LogP contribution is 2.38. The van der Waals surface area contributed by atoms with Crippen molar-refractivity contribution in [2.45, 2.75) is 83.1 Å². The van der Waals surface area contributed by atoms with E-state index >= 15 is 0 Å². The molecular weight excluding hydrogens is 376 g/mol. The Labute approximate surface area is 181 Å². The smallest absolute Gasteiger partial charge is 0.227 e. The number of likely N-dealkylation sites (tertiary alicyclic amines) is 1. The zero-order valence-corrected chi connectivity index (χ0v) is 18.9. The summed E-state index contributed by atoms with van der Waals surface area (Å²) in [5, 5.41) is 0. The number of benzene rings is 1. The lowest BCUT2D eigenvalue weighted by atomic mass is 9.97. The molecular formula is C25H38N2O3. The van der Waals surface area contributed by atoms with Crippen LogP contribution < -0.4 is 4.74 Å². The predicted octanol–water partition coefficient (Wildman–Crippen LogP) is 3.90. The minimum absolute atomic E-state index is 0.271. The molecule has 1 aromatic carbocycles. The van der Waals surface area contributed by atoms with E-state index in [0.717, 1.165) is 68.8 Å². The number of piperidine rings is 2. The molecule has 2 bridgehead atoms. The fourth-order valence-corrected chi connectivity index (χ4v) is 5.67. The summed E-state index contributed by atoms with van der Waals surface area (Å²) in [5.41, 5.74) is 1.06. The first-order valence-corrected chi connectivity index (χ1v) is 11.8. The van der Waals surface area contributed by atoms with Crippen molar-refractivity contribution < 1.29 is 14.3 Å². The summed E-state index contributed by atoms with van der Waals surface area (Å²) in [4.78, 5) is 17.8. The van der Waals surface area contributed by atoms with Crippen molar-refractivity contribution in [1.29, 1.82) is 0 Å². The maximum absolute atomic E-state index is 13.1. The molecule has 3 aliphatic rings. The lowest BCUT2D eigenvalue weighted by Gasteiger charge is -2.41. The van der Waals surface area contributed by atoms with Gasteiger partial charge in [0.2, 0.25) is 5.91 Å². The van der Waals surface area contributed by atoms with Crippen LogP contribution in [-0.4, -0.2) is 66.7 Å². The van der Waals surface area contributed by atoms with Gasteiger partial charge in [0.15, 0.2) is 0 Å². The molecule has 0 N–H and O–H groups in total. The fourth-order valence-electron chi connectivity index (χ4n) is 5.67. The van der Waals surface area contributed by atoms with Crippen LogP contribution in [0.5, 0.6) is 5.75 Å². The van der Waals surface area contributed by atoms with Crippen LogP contribution in [0.15, 0.2) is 24.3 Å². The molecule has 1 unspecified atom stereocenters. The molecule has 166 valence electrons. The Balaban J connectivity index is 1.26. The quantitative estimate of drug-likeness (QED) is 0.679. The first-order valence-electron chi connectivity index (χ1n) is 11.8. The molecule has 0 radical (unpaired) electrons.